The second-order valence-electron chi connectivity index (χ2n) is 9.50. The van der Waals surface area contributed by atoms with Crippen molar-refractivity contribution in [1.29, 1.82) is 0 Å². The van der Waals surface area contributed by atoms with E-state index >= 15 is 0 Å². The molecule has 0 aliphatic carbocycles. The Morgan fingerprint density at radius 1 is 1.12 bits per heavy atom. The van der Waals surface area contributed by atoms with Gasteiger partial charge in [0.25, 0.3) is 0 Å². The zero-order chi connectivity index (χ0) is 28.7. The summed E-state index contributed by atoms with van der Waals surface area (Å²) in [5.41, 5.74) is 7.19. The number of piperazine rings is 1. The molecule has 4 N–H and O–H groups in total. The maximum atomic E-state index is 14.6. The molecular weight excluding hydrogens is 562 g/mol. The van der Waals surface area contributed by atoms with Crippen molar-refractivity contribution in [3.63, 3.8) is 0 Å². The van der Waals surface area contributed by atoms with Gasteiger partial charge in [-0.25, -0.2) is 13.8 Å². The van der Waals surface area contributed by atoms with Crippen LogP contribution in [0.3, 0.4) is 0 Å². The molecule has 0 saturated carbocycles. The molecule has 16 heteroatoms. The van der Waals surface area contributed by atoms with E-state index in [1.165, 1.54) is 16.8 Å². The fraction of sp³-hybridized carbons (Fsp3) is 0.360. The van der Waals surface area contributed by atoms with Crippen LogP contribution in [0.25, 0.3) is 27.6 Å². The van der Waals surface area contributed by atoms with Crippen molar-refractivity contribution in [2.45, 2.75) is 12.6 Å². The number of halogens is 2. The Balaban J connectivity index is 1.14. The summed E-state index contributed by atoms with van der Waals surface area (Å²) in [4.78, 5) is 25.6. The highest BCUT2D eigenvalue weighted by Crippen LogP contribution is 2.29. The van der Waals surface area contributed by atoms with Gasteiger partial charge in [-0.05, 0) is 12.1 Å². The number of rotatable bonds is 9. The minimum absolute atomic E-state index is 0.0912. The van der Waals surface area contributed by atoms with E-state index in [1.807, 2.05) is 0 Å². The van der Waals surface area contributed by atoms with Gasteiger partial charge in [-0.3, -0.25) is 14.3 Å². The van der Waals surface area contributed by atoms with E-state index in [2.05, 4.69) is 20.0 Å². The number of ether oxygens (including phenoxy) is 1. The Kier molecular flexibility index (Phi) is 7.29. The molecule has 0 radical (unpaired) electrons. The third-order valence-corrected chi connectivity index (χ3v) is 7.82. The first-order chi connectivity index (χ1) is 19.8. The lowest BCUT2D eigenvalue weighted by molar-refractivity contribution is 0.0523. The van der Waals surface area contributed by atoms with Gasteiger partial charge in [0.2, 0.25) is 11.8 Å². The number of aliphatic hydroxyl groups is 2. The van der Waals surface area contributed by atoms with Crippen LogP contribution in [0.15, 0.2) is 39.7 Å². The van der Waals surface area contributed by atoms with Gasteiger partial charge in [-0.1, -0.05) is 11.3 Å². The molecule has 4 aromatic heterocycles. The number of thiazole rings is 1. The molecule has 0 spiro atoms. The van der Waals surface area contributed by atoms with Crippen molar-refractivity contribution >= 4 is 39.0 Å². The van der Waals surface area contributed by atoms with Crippen LogP contribution in [0.1, 0.15) is 0 Å². The molecular formula is C25H26F2N8O5S. The second-order valence-corrected chi connectivity index (χ2v) is 10.5. The minimum Gasteiger partial charge on any atom is -0.488 e. The number of hydrogen-bond donors (Lipinski definition) is 3. The zero-order valence-electron chi connectivity index (χ0n) is 21.6. The maximum Gasteiger partial charge on any atom is 0.309 e. The lowest BCUT2D eigenvalue weighted by Gasteiger charge is -2.36. The van der Waals surface area contributed by atoms with Crippen LogP contribution in [-0.2, 0) is 6.54 Å². The van der Waals surface area contributed by atoms with Gasteiger partial charge in [0, 0.05) is 51.4 Å². The molecule has 0 amide bonds. The van der Waals surface area contributed by atoms with E-state index in [0.717, 1.165) is 17.4 Å². The van der Waals surface area contributed by atoms with Crippen LogP contribution in [0.5, 0.6) is 5.75 Å². The van der Waals surface area contributed by atoms with Crippen molar-refractivity contribution < 1.29 is 28.1 Å². The topological polar surface area (TPSA) is 160 Å². The molecule has 13 nitrogen and oxygen atoms in total. The third-order valence-electron chi connectivity index (χ3n) is 6.85. The van der Waals surface area contributed by atoms with Crippen LogP contribution in [-0.4, -0.2) is 91.3 Å². The van der Waals surface area contributed by atoms with Crippen molar-refractivity contribution in [3.8, 4) is 17.3 Å². The van der Waals surface area contributed by atoms with Gasteiger partial charge in [0.05, 0.1) is 18.6 Å². The zero-order valence-corrected chi connectivity index (χ0v) is 22.4. The highest BCUT2D eigenvalue weighted by atomic mass is 32.1. The molecule has 0 bridgehead atoms. The molecule has 5 aromatic rings. The number of benzene rings is 1. The molecule has 0 unspecified atom stereocenters. The van der Waals surface area contributed by atoms with Crippen LogP contribution in [0.4, 0.5) is 20.4 Å². The summed E-state index contributed by atoms with van der Waals surface area (Å²) < 4.78 is 42.9. The van der Waals surface area contributed by atoms with Crippen molar-refractivity contribution in [3.05, 3.63) is 51.8 Å². The SMILES string of the molecule is Nc1nc2c(sc(=O)n2CCN2CCN(c3cc(OC[C@H](O)CO)c(F)cc3F)CC2)c2nc(-c3ccco3)nn12. The summed E-state index contributed by atoms with van der Waals surface area (Å²) in [6, 6.07) is 5.46. The Morgan fingerprint density at radius 3 is 2.66 bits per heavy atom. The lowest BCUT2D eigenvalue weighted by Crippen LogP contribution is -2.47. The number of hydrogen-bond acceptors (Lipinski definition) is 12. The first kappa shape index (κ1) is 27.1. The first-order valence-corrected chi connectivity index (χ1v) is 13.6. The van der Waals surface area contributed by atoms with Crippen LogP contribution in [0, 0.1) is 11.6 Å². The molecule has 41 heavy (non-hydrogen) atoms. The molecule has 216 valence electrons. The Hall–Kier alpha value is -4.12. The number of nitrogens with two attached hydrogens (primary N) is 1. The van der Waals surface area contributed by atoms with Crippen LogP contribution < -0.4 is 20.2 Å². The average molecular weight is 589 g/mol. The Morgan fingerprint density at radius 2 is 1.93 bits per heavy atom. The number of aromatic nitrogens is 5. The summed E-state index contributed by atoms with van der Waals surface area (Å²) >= 11 is 1.02. The normalized spacial score (nSPS) is 15.3. The molecule has 5 heterocycles. The van der Waals surface area contributed by atoms with E-state index in [-0.39, 0.29) is 28.9 Å². The smallest absolute Gasteiger partial charge is 0.309 e. The third kappa shape index (κ3) is 5.21. The summed E-state index contributed by atoms with van der Waals surface area (Å²) in [5.74, 6) is -0.921. The number of furan rings is 1. The Labute approximate surface area is 234 Å². The summed E-state index contributed by atoms with van der Waals surface area (Å²) in [5, 5.41) is 22.8. The van der Waals surface area contributed by atoms with E-state index in [1.54, 1.807) is 21.6 Å². The van der Waals surface area contributed by atoms with Gasteiger partial charge >= 0.3 is 4.87 Å². The van der Waals surface area contributed by atoms with E-state index in [4.69, 9.17) is 20.0 Å². The van der Waals surface area contributed by atoms with Gasteiger partial charge in [-0.15, -0.1) is 5.10 Å². The van der Waals surface area contributed by atoms with Gasteiger partial charge < -0.3 is 30.0 Å². The van der Waals surface area contributed by atoms with Gasteiger partial charge in [-0.2, -0.15) is 9.50 Å². The molecule has 1 aliphatic heterocycles. The number of fused-ring (bicyclic) bond motifs is 3. The molecule has 1 aromatic carbocycles. The monoisotopic (exact) mass is 588 g/mol. The summed E-state index contributed by atoms with van der Waals surface area (Å²) in [6.07, 6.45) is 0.342. The lowest BCUT2D eigenvalue weighted by atomic mass is 10.2. The van der Waals surface area contributed by atoms with Crippen LogP contribution in [0.2, 0.25) is 0 Å². The predicted molar refractivity (Wildman–Crippen MR) is 146 cm³/mol. The fourth-order valence-corrected chi connectivity index (χ4v) is 5.63. The summed E-state index contributed by atoms with van der Waals surface area (Å²) in [6.45, 7) is 2.10. The Bertz CT molecular complexity index is 1750. The average Bonchev–Trinajstić information content (AvgIpc) is 3.71. The number of nitrogens with zero attached hydrogens (tertiary/aromatic N) is 7. The maximum absolute atomic E-state index is 14.6. The highest BCUT2D eigenvalue weighted by molar-refractivity contribution is 7.17. The first-order valence-electron chi connectivity index (χ1n) is 12.8. The van der Waals surface area contributed by atoms with Gasteiger partial charge in [0.15, 0.2) is 28.6 Å². The number of aliphatic hydroxyl groups excluding tert-OH is 2. The molecule has 1 fully saturated rings. The van der Waals surface area contributed by atoms with Crippen molar-refractivity contribution in [1.82, 2.24) is 29.0 Å². The van der Waals surface area contributed by atoms with Crippen LogP contribution >= 0.6 is 11.3 Å². The second kappa shape index (κ2) is 11.0. The standard InChI is InChI=1S/C25H26F2N8O5S/c26-15-10-16(27)19(40-13-14(37)12-36)11-17(15)33-6-3-32(4-7-33)5-8-34-22-20(41-25(34)38)23-29-21(18-2-1-9-39-18)31-35(23)24(28)30-22/h1-2,9-11,14,36-37H,3-8,12-13H2,(H2,28,30)/t14-/m1/s1. The van der Waals surface area contributed by atoms with Crippen molar-refractivity contribution in [2.75, 3.05) is 56.6 Å². The molecule has 1 aliphatic rings. The van der Waals surface area contributed by atoms with E-state index < -0.39 is 24.3 Å². The quantitative estimate of drug-likeness (QED) is 0.227. The van der Waals surface area contributed by atoms with E-state index in [0.29, 0.717) is 66.8 Å². The minimum atomic E-state index is -1.17. The fourth-order valence-electron chi connectivity index (χ4n) is 4.70. The van der Waals surface area contributed by atoms with E-state index in [9.17, 15) is 18.7 Å². The largest absolute Gasteiger partial charge is 0.488 e. The summed E-state index contributed by atoms with van der Waals surface area (Å²) in [7, 11) is 0. The molecule has 1 atom stereocenters. The predicted octanol–water partition coefficient (Wildman–Crippen LogP) is 1.18. The molecule has 6 rings (SSSR count). The molecule has 1 saturated heterocycles. The number of anilines is 2. The van der Waals surface area contributed by atoms with Crippen molar-refractivity contribution in [2.24, 2.45) is 0 Å². The number of nitrogen functional groups attached to an aromatic ring is 1. The van der Waals surface area contributed by atoms with Gasteiger partial charge in [0.1, 0.15) is 23.2 Å². The highest BCUT2D eigenvalue weighted by Gasteiger charge is 2.24.